The fourth-order valence-corrected chi connectivity index (χ4v) is 5.18. The lowest BCUT2D eigenvalue weighted by atomic mass is 10.2. The van der Waals surface area contributed by atoms with Gasteiger partial charge in [0.2, 0.25) is 0 Å². The zero-order valence-corrected chi connectivity index (χ0v) is 16.3. The Kier molecular flexibility index (Phi) is 5.77. The molecule has 4 rings (SSSR count). The third-order valence-corrected chi connectivity index (χ3v) is 6.86. The number of aromatic nitrogens is 1. The molecule has 2 fully saturated rings. The van der Waals surface area contributed by atoms with E-state index in [4.69, 9.17) is 4.74 Å². The molecule has 3 heterocycles. The Morgan fingerprint density at radius 3 is 2.85 bits per heavy atom. The lowest BCUT2D eigenvalue weighted by molar-refractivity contribution is 0.0743. The molecule has 5 nitrogen and oxygen atoms in total. The van der Waals surface area contributed by atoms with Crippen molar-refractivity contribution in [2.24, 2.45) is 0 Å². The number of anilines is 1. The van der Waals surface area contributed by atoms with E-state index >= 15 is 0 Å². The Morgan fingerprint density at radius 2 is 2.12 bits per heavy atom. The minimum atomic E-state index is 0.138. The topological polar surface area (TPSA) is 45.7 Å². The molecule has 138 valence electrons. The van der Waals surface area contributed by atoms with Gasteiger partial charge in [-0.25, -0.2) is 4.98 Å². The quantitative estimate of drug-likeness (QED) is 0.734. The van der Waals surface area contributed by atoms with Gasteiger partial charge in [0.25, 0.3) is 5.91 Å². The summed E-state index contributed by atoms with van der Waals surface area (Å²) in [5.74, 6) is 1.06. The highest BCUT2D eigenvalue weighted by molar-refractivity contribution is 7.99. The maximum Gasteiger partial charge on any atom is 0.255 e. The molecule has 2 aliphatic heterocycles. The van der Waals surface area contributed by atoms with Crippen LogP contribution >= 0.6 is 23.1 Å². The van der Waals surface area contributed by atoms with E-state index in [-0.39, 0.29) is 5.91 Å². The number of piperazine rings is 1. The van der Waals surface area contributed by atoms with Crippen molar-refractivity contribution in [1.29, 1.82) is 0 Å². The number of carbonyl (C=O) groups excluding carboxylic acids is 1. The molecule has 0 radical (unpaired) electrons. The average Bonchev–Trinajstić information content (AvgIpc) is 3.40. The number of amides is 1. The maximum absolute atomic E-state index is 13.1. The Balaban J connectivity index is 1.38. The average molecular weight is 390 g/mol. The molecule has 1 aromatic carbocycles. The molecule has 26 heavy (non-hydrogen) atoms. The van der Waals surface area contributed by atoms with Gasteiger partial charge in [0, 0.05) is 55.0 Å². The Hall–Kier alpha value is -1.57. The van der Waals surface area contributed by atoms with Crippen LogP contribution in [0.15, 0.2) is 40.7 Å². The van der Waals surface area contributed by atoms with E-state index in [9.17, 15) is 4.79 Å². The van der Waals surface area contributed by atoms with Crippen LogP contribution in [0.1, 0.15) is 23.2 Å². The van der Waals surface area contributed by atoms with Gasteiger partial charge < -0.3 is 14.5 Å². The summed E-state index contributed by atoms with van der Waals surface area (Å²) in [4.78, 5) is 22.7. The second kappa shape index (κ2) is 8.41. The first-order chi connectivity index (χ1) is 12.8. The van der Waals surface area contributed by atoms with Crippen LogP contribution < -0.4 is 4.90 Å². The third-order valence-electron chi connectivity index (χ3n) is 4.82. The highest BCUT2D eigenvalue weighted by atomic mass is 32.2. The van der Waals surface area contributed by atoms with Crippen molar-refractivity contribution in [2.75, 3.05) is 43.4 Å². The van der Waals surface area contributed by atoms with E-state index in [1.807, 2.05) is 34.7 Å². The molecular formula is C19H23N3O2S2. The molecule has 0 spiro atoms. The number of rotatable bonds is 5. The monoisotopic (exact) mass is 389 g/mol. The zero-order chi connectivity index (χ0) is 17.8. The minimum Gasteiger partial charge on any atom is -0.377 e. The van der Waals surface area contributed by atoms with E-state index in [1.165, 1.54) is 0 Å². The highest BCUT2D eigenvalue weighted by Crippen LogP contribution is 2.28. The summed E-state index contributed by atoms with van der Waals surface area (Å²) in [6, 6.07) is 7.97. The smallest absolute Gasteiger partial charge is 0.255 e. The van der Waals surface area contributed by atoms with Crippen molar-refractivity contribution in [3.63, 3.8) is 0 Å². The van der Waals surface area contributed by atoms with Crippen molar-refractivity contribution in [3.8, 4) is 0 Å². The van der Waals surface area contributed by atoms with Crippen LogP contribution in [0.2, 0.25) is 0 Å². The van der Waals surface area contributed by atoms with Gasteiger partial charge in [-0.3, -0.25) is 4.79 Å². The fourth-order valence-electron chi connectivity index (χ4n) is 3.37. The highest BCUT2D eigenvalue weighted by Gasteiger charge is 2.25. The molecule has 1 atom stereocenters. The Labute approximate surface area is 162 Å². The normalized spacial score (nSPS) is 20.5. The zero-order valence-electron chi connectivity index (χ0n) is 14.7. The SMILES string of the molecule is O=C(c1ccccc1SC[C@@H]1CCCO1)N1CCN(c2nccs2)CC1. The second-order valence-corrected chi connectivity index (χ2v) is 8.47. The number of ether oxygens (including phenoxy) is 1. The van der Waals surface area contributed by atoms with E-state index in [0.29, 0.717) is 6.10 Å². The molecule has 0 unspecified atom stereocenters. The van der Waals surface area contributed by atoms with Crippen molar-refractivity contribution in [3.05, 3.63) is 41.4 Å². The number of hydrogen-bond acceptors (Lipinski definition) is 6. The van der Waals surface area contributed by atoms with Crippen LogP contribution in [0.4, 0.5) is 5.13 Å². The molecule has 0 bridgehead atoms. The molecule has 0 saturated carbocycles. The van der Waals surface area contributed by atoms with Crippen LogP contribution in [0.25, 0.3) is 0 Å². The van der Waals surface area contributed by atoms with E-state index in [2.05, 4.69) is 16.0 Å². The molecule has 2 saturated heterocycles. The minimum absolute atomic E-state index is 0.138. The number of thiazole rings is 1. The molecule has 1 amide bonds. The first-order valence-electron chi connectivity index (χ1n) is 9.08. The van der Waals surface area contributed by atoms with Gasteiger partial charge in [0.05, 0.1) is 11.7 Å². The molecule has 1 aromatic heterocycles. The van der Waals surface area contributed by atoms with E-state index in [1.54, 1.807) is 23.1 Å². The van der Waals surface area contributed by atoms with E-state index < -0.39 is 0 Å². The van der Waals surface area contributed by atoms with Gasteiger partial charge in [-0.2, -0.15) is 0 Å². The first-order valence-corrected chi connectivity index (χ1v) is 10.9. The molecule has 2 aromatic rings. The number of carbonyl (C=O) groups is 1. The van der Waals surface area contributed by atoms with E-state index in [0.717, 1.165) is 67.0 Å². The van der Waals surface area contributed by atoms with Crippen LogP contribution in [-0.2, 0) is 4.74 Å². The third kappa shape index (κ3) is 4.05. The standard InChI is InChI=1S/C19H23N3O2S2/c23-18(21-8-10-22(11-9-21)19-20-7-13-25-19)16-5-1-2-6-17(16)26-14-15-4-3-12-24-15/h1-2,5-7,13,15H,3-4,8-12,14H2/t15-/m0/s1. The Bertz CT molecular complexity index is 724. The van der Waals surface area contributed by atoms with Crippen molar-refractivity contribution >= 4 is 34.1 Å². The molecule has 2 aliphatic rings. The van der Waals surface area contributed by atoms with Gasteiger partial charge in [-0.1, -0.05) is 12.1 Å². The van der Waals surface area contributed by atoms with Gasteiger partial charge in [-0.15, -0.1) is 23.1 Å². The number of nitrogens with zero attached hydrogens (tertiary/aromatic N) is 3. The van der Waals surface area contributed by atoms with Crippen molar-refractivity contribution < 1.29 is 9.53 Å². The predicted octanol–water partition coefficient (Wildman–Crippen LogP) is 3.38. The van der Waals surface area contributed by atoms with Gasteiger partial charge in [0.15, 0.2) is 5.13 Å². The number of thioether (sulfide) groups is 1. The molecule has 0 aliphatic carbocycles. The van der Waals surface area contributed by atoms with Gasteiger partial charge in [-0.05, 0) is 25.0 Å². The van der Waals surface area contributed by atoms with Crippen molar-refractivity contribution in [1.82, 2.24) is 9.88 Å². The van der Waals surface area contributed by atoms with Crippen LogP contribution in [0, 0.1) is 0 Å². The number of benzene rings is 1. The van der Waals surface area contributed by atoms with Crippen molar-refractivity contribution in [2.45, 2.75) is 23.8 Å². The molecule has 7 heteroatoms. The Morgan fingerprint density at radius 1 is 1.27 bits per heavy atom. The second-order valence-electron chi connectivity index (χ2n) is 6.54. The summed E-state index contributed by atoms with van der Waals surface area (Å²) in [6.45, 7) is 4.02. The predicted molar refractivity (Wildman–Crippen MR) is 106 cm³/mol. The maximum atomic E-state index is 13.1. The lowest BCUT2D eigenvalue weighted by Crippen LogP contribution is -2.48. The summed E-state index contributed by atoms with van der Waals surface area (Å²) >= 11 is 3.40. The molecular weight excluding hydrogens is 366 g/mol. The lowest BCUT2D eigenvalue weighted by Gasteiger charge is -2.34. The van der Waals surface area contributed by atoms with Crippen LogP contribution in [-0.4, -0.2) is 60.4 Å². The fraction of sp³-hybridized carbons (Fsp3) is 0.474. The van der Waals surface area contributed by atoms with Crippen LogP contribution in [0.5, 0.6) is 0 Å². The summed E-state index contributed by atoms with van der Waals surface area (Å²) in [5.41, 5.74) is 0.818. The largest absolute Gasteiger partial charge is 0.377 e. The summed E-state index contributed by atoms with van der Waals surface area (Å²) < 4.78 is 5.71. The number of hydrogen-bond donors (Lipinski definition) is 0. The van der Waals surface area contributed by atoms with Gasteiger partial charge in [0.1, 0.15) is 0 Å². The molecule has 0 N–H and O–H groups in total. The summed E-state index contributed by atoms with van der Waals surface area (Å²) in [6.07, 6.45) is 4.43. The summed E-state index contributed by atoms with van der Waals surface area (Å²) in [7, 11) is 0. The summed E-state index contributed by atoms with van der Waals surface area (Å²) in [5, 5.41) is 3.04. The van der Waals surface area contributed by atoms with Crippen LogP contribution in [0.3, 0.4) is 0 Å². The first kappa shape index (κ1) is 17.8. The van der Waals surface area contributed by atoms with Gasteiger partial charge >= 0.3 is 0 Å².